The zero-order chi connectivity index (χ0) is 20.1. The summed E-state index contributed by atoms with van der Waals surface area (Å²) in [5.41, 5.74) is 7.61. The minimum Gasteiger partial charge on any atom is -0.463 e. The van der Waals surface area contributed by atoms with E-state index in [4.69, 9.17) is 10.5 Å². The van der Waals surface area contributed by atoms with Crippen LogP contribution in [0.4, 0.5) is 4.39 Å². The molecule has 148 valence electrons. The molecule has 1 atom stereocenters. The predicted octanol–water partition coefficient (Wildman–Crippen LogP) is 3.34. The first-order valence-corrected chi connectivity index (χ1v) is 10.4. The number of hydrogen-bond donors (Lipinski definition) is 1. The van der Waals surface area contributed by atoms with Gasteiger partial charge in [-0.25, -0.2) is 14.2 Å². The number of thiazole rings is 1. The molecule has 2 aliphatic rings. The Balaban J connectivity index is 0.000000236. The van der Waals surface area contributed by atoms with Crippen molar-refractivity contribution in [2.45, 2.75) is 19.4 Å². The standard InChI is InChI=1S/C13H16N4O2S.C6H4BrF/c1-2-19-13(18)9-6-16-11(12-15-3-4-20-12)17-7-8(14)5-10(9)17;7-5-2-1-3-6(8)4-5/h3-4,8H,2,5-7,14H2,1H3;1-4H. The summed E-state index contributed by atoms with van der Waals surface area (Å²) in [4.78, 5) is 22.8. The van der Waals surface area contributed by atoms with E-state index in [1.807, 2.05) is 10.3 Å². The number of benzene rings is 1. The Morgan fingerprint density at radius 1 is 1.50 bits per heavy atom. The van der Waals surface area contributed by atoms with E-state index in [1.54, 1.807) is 25.3 Å². The monoisotopic (exact) mass is 466 g/mol. The fourth-order valence-corrected chi connectivity index (χ4v) is 4.00. The molecule has 0 spiro atoms. The fourth-order valence-electron chi connectivity index (χ4n) is 2.98. The third-order valence-corrected chi connectivity index (χ3v) is 5.38. The lowest BCUT2D eigenvalue weighted by molar-refractivity contribution is -0.138. The molecule has 2 N–H and O–H groups in total. The second-order valence-electron chi connectivity index (χ2n) is 6.14. The summed E-state index contributed by atoms with van der Waals surface area (Å²) in [6.45, 7) is 3.17. The molecule has 2 aliphatic heterocycles. The Bertz CT molecular complexity index is 884. The van der Waals surface area contributed by atoms with Crippen molar-refractivity contribution < 1.29 is 13.9 Å². The Labute approximate surface area is 175 Å². The third-order valence-electron chi connectivity index (χ3n) is 4.12. The van der Waals surface area contributed by atoms with Crippen molar-refractivity contribution in [3.05, 3.63) is 62.4 Å². The number of rotatable bonds is 3. The Hall–Kier alpha value is -2.10. The van der Waals surface area contributed by atoms with Gasteiger partial charge in [-0.05, 0) is 25.1 Å². The highest BCUT2D eigenvalue weighted by Gasteiger charge is 2.36. The van der Waals surface area contributed by atoms with Gasteiger partial charge in [0.25, 0.3) is 0 Å². The van der Waals surface area contributed by atoms with Gasteiger partial charge >= 0.3 is 5.97 Å². The van der Waals surface area contributed by atoms with Crippen LogP contribution < -0.4 is 5.73 Å². The molecule has 1 aromatic heterocycles. The van der Waals surface area contributed by atoms with Gasteiger partial charge in [0, 0.05) is 40.8 Å². The van der Waals surface area contributed by atoms with E-state index in [9.17, 15) is 9.18 Å². The van der Waals surface area contributed by atoms with Gasteiger partial charge in [-0.1, -0.05) is 22.0 Å². The first-order chi connectivity index (χ1) is 13.5. The number of halogens is 2. The van der Waals surface area contributed by atoms with E-state index in [2.05, 4.69) is 25.9 Å². The van der Waals surface area contributed by atoms with Crippen molar-refractivity contribution in [1.29, 1.82) is 0 Å². The number of esters is 1. The highest BCUT2D eigenvalue weighted by molar-refractivity contribution is 9.10. The lowest BCUT2D eigenvalue weighted by Gasteiger charge is -2.26. The average Bonchev–Trinajstić information content (AvgIpc) is 3.30. The summed E-state index contributed by atoms with van der Waals surface area (Å²) < 4.78 is 18.0. The van der Waals surface area contributed by atoms with E-state index < -0.39 is 0 Å². The van der Waals surface area contributed by atoms with Gasteiger partial charge in [0.1, 0.15) is 5.82 Å². The molecule has 2 aromatic rings. The number of carbonyl (C=O) groups excluding carboxylic acids is 1. The molecular weight excluding hydrogens is 447 g/mol. The maximum atomic E-state index is 12.1. The Kier molecular flexibility index (Phi) is 6.93. The average molecular weight is 467 g/mol. The van der Waals surface area contributed by atoms with E-state index in [0.29, 0.717) is 31.7 Å². The molecule has 1 fully saturated rings. The number of hydrogen-bond acceptors (Lipinski definition) is 7. The van der Waals surface area contributed by atoms with Crippen molar-refractivity contribution in [3.63, 3.8) is 0 Å². The molecule has 1 aromatic carbocycles. The lowest BCUT2D eigenvalue weighted by atomic mass is 10.1. The number of aromatic nitrogens is 1. The van der Waals surface area contributed by atoms with Gasteiger partial charge in [-0.3, -0.25) is 4.99 Å². The molecule has 0 bridgehead atoms. The van der Waals surface area contributed by atoms with Crippen LogP contribution >= 0.6 is 27.3 Å². The van der Waals surface area contributed by atoms with Gasteiger partial charge in [0.05, 0.1) is 18.7 Å². The maximum Gasteiger partial charge on any atom is 0.337 e. The highest BCUT2D eigenvalue weighted by Crippen LogP contribution is 2.30. The molecular formula is C19H20BrFN4O2S. The van der Waals surface area contributed by atoms with E-state index in [1.165, 1.54) is 23.5 Å². The molecule has 0 aliphatic carbocycles. The molecule has 3 heterocycles. The first kappa shape index (κ1) is 20.6. The normalized spacial score (nSPS) is 18.2. The second-order valence-corrected chi connectivity index (χ2v) is 7.95. The lowest BCUT2D eigenvalue weighted by Crippen LogP contribution is -2.35. The summed E-state index contributed by atoms with van der Waals surface area (Å²) in [5, 5.41) is 2.78. The Morgan fingerprint density at radius 3 is 2.93 bits per heavy atom. The van der Waals surface area contributed by atoms with Crippen LogP contribution in [0.2, 0.25) is 0 Å². The van der Waals surface area contributed by atoms with Gasteiger partial charge < -0.3 is 15.4 Å². The van der Waals surface area contributed by atoms with Crippen LogP contribution in [0.15, 0.2) is 56.6 Å². The van der Waals surface area contributed by atoms with Crippen LogP contribution in [0.1, 0.15) is 18.4 Å². The number of amidine groups is 1. The number of nitrogens with two attached hydrogens (primary N) is 1. The third kappa shape index (κ3) is 4.84. The molecule has 9 heteroatoms. The van der Waals surface area contributed by atoms with Crippen molar-refractivity contribution >= 4 is 39.1 Å². The minimum atomic E-state index is -0.288. The van der Waals surface area contributed by atoms with Crippen LogP contribution in [0.3, 0.4) is 0 Å². The zero-order valence-corrected chi connectivity index (χ0v) is 17.7. The van der Waals surface area contributed by atoms with Crippen LogP contribution in [-0.4, -0.2) is 47.4 Å². The minimum absolute atomic E-state index is 0.0117. The number of ether oxygens (including phenoxy) is 1. The van der Waals surface area contributed by atoms with Crippen LogP contribution in [0.5, 0.6) is 0 Å². The summed E-state index contributed by atoms with van der Waals surface area (Å²) in [7, 11) is 0. The summed E-state index contributed by atoms with van der Waals surface area (Å²) >= 11 is 4.66. The number of nitrogens with zero attached hydrogens (tertiary/aromatic N) is 3. The molecule has 0 saturated carbocycles. The molecule has 1 unspecified atom stereocenters. The number of aliphatic imine (C=N–C) groups is 1. The molecule has 1 saturated heterocycles. The van der Waals surface area contributed by atoms with Crippen molar-refractivity contribution in [3.8, 4) is 0 Å². The topological polar surface area (TPSA) is 80.8 Å². The summed E-state index contributed by atoms with van der Waals surface area (Å²) in [6.07, 6.45) is 2.43. The van der Waals surface area contributed by atoms with Crippen LogP contribution in [0.25, 0.3) is 0 Å². The van der Waals surface area contributed by atoms with E-state index in [0.717, 1.165) is 21.0 Å². The predicted molar refractivity (Wildman–Crippen MR) is 111 cm³/mol. The number of carbonyl (C=O) groups is 1. The van der Waals surface area contributed by atoms with Crippen molar-refractivity contribution in [2.75, 3.05) is 19.7 Å². The molecule has 28 heavy (non-hydrogen) atoms. The highest BCUT2D eigenvalue weighted by atomic mass is 79.9. The molecule has 0 amide bonds. The van der Waals surface area contributed by atoms with Gasteiger partial charge in [0.15, 0.2) is 10.8 Å². The van der Waals surface area contributed by atoms with Gasteiger partial charge in [-0.2, -0.15) is 0 Å². The van der Waals surface area contributed by atoms with Crippen LogP contribution in [0, 0.1) is 5.82 Å². The van der Waals surface area contributed by atoms with Crippen molar-refractivity contribution in [1.82, 2.24) is 9.88 Å². The van der Waals surface area contributed by atoms with Gasteiger partial charge in [-0.15, -0.1) is 11.3 Å². The molecule has 0 radical (unpaired) electrons. The van der Waals surface area contributed by atoms with E-state index >= 15 is 0 Å². The Morgan fingerprint density at radius 2 is 2.32 bits per heavy atom. The summed E-state index contributed by atoms with van der Waals surface area (Å²) in [5.74, 6) is 0.318. The summed E-state index contributed by atoms with van der Waals surface area (Å²) in [6, 6.07) is 6.27. The van der Waals surface area contributed by atoms with Crippen molar-refractivity contribution in [2.24, 2.45) is 10.7 Å². The molecule has 4 rings (SSSR count). The quantitative estimate of drug-likeness (QED) is 0.701. The smallest absolute Gasteiger partial charge is 0.337 e. The largest absolute Gasteiger partial charge is 0.463 e. The zero-order valence-electron chi connectivity index (χ0n) is 15.3. The fraction of sp³-hybridized carbons (Fsp3) is 0.316. The van der Waals surface area contributed by atoms with Crippen LogP contribution in [-0.2, 0) is 9.53 Å². The van der Waals surface area contributed by atoms with E-state index in [-0.39, 0.29) is 17.8 Å². The SMILES string of the molecule is CCOC(=O)C1=C2CC(N)CN2C(c2nccs2)=NC1.Fc1cccc(Br)c1. The number of fused-ring (bicyclic) bond motifs is 1. The maximum absolute atomic E-state index is 12.1. The second kappa shape index (κ2) is 9.40. The first-order valence-electron chi connectivity index (χ1n) is 8.77. The van der Waals surface area contributed by atoms with Gasteiger partial charge in [0.2, 0.25) is 0 Å². The molecule has 6 nitrogen and oxygen atoms in total.